The van der Waals surface area contributed by atoms with Crippen LogP contribution in [0.15, 0.2) is 12.1 Å². The number of carbonyl (C=O) groups excluding carboxylic acids is 2. The van der Waals surface area contributed by atoms with E-state index < -0.39 is 9.84 Å². The summed E-state index contributed by atoms with van der Waals surface area (Å²) in [5.41, 5.74) is 2.55. The molecule has 2 aliphatic carbocycles. The lowest BCUT2D eigenvalue weighted by molar-refractivity contribution is -0.140. The minimum absolute atomic E-state index is 0.0872. The second kappa shape index (κ2) is 9.55. The second-order valence-electron chi connectivity index (χ2n) is 10.2. The molecule has 2 amide bonds. The van der Waals surface area contributed by atoms with Gasteiger partial charge in [-0.2, -0.15) is 0 Å². The van der Waals surface area contributed by atoms with Crippen LogP contribution in [-0.4, -0.2) is 67.7 Å². The van der Waals surface area contributed by atoms with E-state index in [1.54, 1.807) is 6.07 Å². The van der Waals surface area contributed by atoms with Gasteiger partial charge in [-0.3, -0.25) is 14.5 Å². The van der Waals surface area contributed by atoms with Crippen molar-refractivity contribution in [3.63, 3.8) is 0 Å². The summed E-state index contributed by atoms with van der Waals surface area (Å²) in [6, 6.07) is 3.78. The van der Waals surface area contributed by atoms with Gasteiger partial charge < -0.3 is 10.2 Å². The molecular formula is C24H34ClN3O4S. The lowest BCUT2D eigenvalue weighted by Gasteiger charge is -2.41. The normalized spacial score (nSPS) is 27.3. The van der Waals surface area contributed by atoms with Crippen LogP contribution < -0.4 is 5.32 Å². The Morgan fingerprint density at radius 1 is 1.15 bits per heavy atom. The Kier molecular flexibility index (Phi) is 7.08. The number of hydrogen-bond acceptors (Lipinski definition) is 5. The molecule has 1 N–H and O–H groups in total. The molecule has 7 nitrogen and oxygen atoms in total. The number of nitrogens with one attached hydrogen (secondary N) is 1. The fourth-order valence-corrected chi connectivity index (χ4v) is 6.21. The Hall–Kier alpha value is -1.64. The molecule has 0 bridgehead atoms. The van der Waals surface area contributed by atoms with E-state index in [-0.39, 0.29) is 30.0 Å². The number of carbonyl (C=O) groups is 2. The number of benzene rings is 1. The average molecular weight is 496 g/mol. The Morgan fingerprint density at radius 2 is 1.85 bits per heavy atom. The predicted molar refractivity (Wildman–Crippen MR) is 130 cm³/mol. The van der Waals surface area contributed by atoms with Gasteiger partial charge in [0.25, 0.3) is 0 Å². The lowest BCUT2D eigenvalue weighted by atomic mass is 9.99. The summed E-state index contributed by atoms with van der Waals surface area (Å²) in [5, 5.41) is 3.33. The van der Waals surface area contributed by atoms with Crippen LogP contribution in [0.4, 0.5) is 5.69 Å². The number of hydrogen-bond donors (Lipinski definition) is 1. The fourth-order valence-electron chi connectivity index (χ4n) is 5.42. The van der Waals surface area contributed by atoms with Gasteiger partial charge in [-0.05, 0) is 68.2 Å². The van der Waals surface area contributed by atoms with E-state index in [0.29, 0.717) is 23.2 Å². The molecule has 1 heterocycles. The van der Waals surface area contributed by atoms with Crippen molar-refractivity contribution in [1.29, 1.82) is 0 Å². The quantitative estimate of drug-likeness (QED) is 0.628. The number of rotatable bonds is 7. The van der Waals surface area contributed by atoms with Crippen molar-refractivity contribution in [3.8, 4) is 0 Å². The molecule has 1 aromatic carbocycles. The summed E-state index contributed by atoms with van der Waals surface area (Å²) >= 11 is 6.34. The number of halogens is 1. The summed E-state index contributed by atoms with van der Waals surface area (Å²) in [6.07, 6.45) is 4.52. The van der Waals surface area contributed by atoms with Crippen LogP contribution >= 0.6 is 11.6 Å². The SMILES string of the molecule is Cc1c(CN2CCN(C(=O)C3CC4CC4C3)[C@@H](C)C2)cc(Cl)cc1NC(=O)CCS(C)(=O)=O. The van der Waals surface area contributed by atoms with Gasteiger partial charge in [0.2, 0.25) is 11.8 Å². The molecule has 0 radical (unpaired) electrons. The Bertz CT molecular complexity index is 1030. The van der Waals surface area contributed by atoms with E-state index in [2.05, 4.69) is 22.0 Å². The monoisotopic (exact) mass is 495 g/mol. The molecular weight excluding hydrogens is 462 g/mol. The molecule has 2 saturated carbocycles. The van der Waals surface area contributed by atoms with Crippen molar-refractivity contribution in [2.24, 2.45) is 17.8 Å². The van der Waals surface area contributed by atoms with Crippen molar-refractivity contribution in [1.82, 2.24) is 9.80 Å². The maximum Gasteiger partial charge on any atom is 0.226 e. The lowest BCUT2D eigenvalue weighted by Crippen LogP contribution is -2.55. The van der Waals surface area contributed by atoms with Crippen LogP contribution in [0.2, 0.25) is 5.02 Å². The Labute approximate surface area is 201 Å². The molecule has 1 aromatic rings. The van der Waals surface area contributed by atoms with Crippen LogP contribution in [0, 0.1) is 24.7 Å². The minimum atomic E-state index is -3.20. The number of fused-ring (bicyclic) bond motifs is 1. The molecule has 0 spiro atoms. The van der Waals surface area contributed by atoms with Crippen molar-refractivity contribution in [2.45, 2.75) is 52.1 Å². The Balaban J connectivity index is 1.36. The molecule has 1 aliphatic heterocycles. The molecule has 9 heteroatoms. The van der Waals surface area contributed by atoms with E-state index >= 15 is 0 Å². The number of sulfone groups is 1. The van der Waals surface area contributed by atoms with E-state index in [9.17, 15) is 18.0 Å². The number of anilines is 1. The largest absolute Gasteiger partial charge is 0.337 e. The van der Waals surface area contributed by atoms with Crippen LogP contribution in [0.5, 0.6) is 0 Å². The zero-order valence-corrected chi connectivity index (χ0v) is 21.2. The van der Waals surface area contributed by atoms with Gasteiger partial charge in [-0.15, -0.1) is 0 Å². The first kappa shape index (κ1) is 24.5. The van der Waals surface area contributed by atoms with Crippen LogP contribution in [0.3, 0.4) is 0 Å². The summed E-state index contributed by atoms with van der Waals surface area (Å²) < 4.78 is 22.7. The third kappa shape index (κ3) is 6.08. The minimum Gasteiger partial charge on any atom is -0.337 e. The van der Waals surface area contributed by atoms with Crippen LogP contribution in [-0.2, 0) is 26.0 Å². The topological polar surface area (TPSA) is 86.8 Å². The van der Waals surface area contributed by atoms with Crippen molar-refractivity contribution in [2.75, 3.05) is 37.0 Å². The highest BCUT2D eigenvalue weighted by Gasteiger charge is 2.49. The van der Waals surface area contributed by atoms with E-state index in [0.717, 1.165) is 61.7 Å². The molecule has 3 fully saturated rings. The standard InChI is InChI=1S/C24H34ClN3O4S/c1-15-13-27(5-6-28(15)24(30)19-9-17-8-18(17)10-19)14-20-11-21(25)12-22(16(20)2)26-23(29)4-7-33(3,31)32/h11-12,15,17-19H,4-10,13-14H2,1-3H3,(H,26,29)/t15-,17?,18?,19?/m0/s1. The van der Waals surface area contributed by atoms with Gasteiger partial charge in [-0.25, -0.2) is 8.42 Å². The molecule has 2 unspecified atom stereocenters. The van der Waals surface area contributed by atoms with Crippen LogP contribution in [0.25, 0.3) is 0 Å². The smallest absolute Gasteiger partial charge is 0.226 e. The maximum atomic E-state index is 13.0. The second-order valence-corrected chi connectivity index (χ2v) is 12.9. The predicted octanol–water partition coefficient (Wildman–Crippen LogP) is 3.10. The van der Waals surface area contributed by atoms with Gasteiger partial charge in [0, 0.05) is 61.5 Å². The Morgan fingerprint density at radius 3 is 2.48 bits per heavy atom. The highest BCUT2D eigenvalue weighted by molar-refractivity contribution is 7.90. The first-order valence-corrected chi connectivity index (χ1v) is 14.2. The van der Waals surface area contributed by atoms with Gasteiger partial charge in [0.05, 0.1) is 5.75 Å². The first-order chi connectivity index (χ1) is 15.5. The van der Waals surface area contributed by atoms with Crippen molar-refractivity contribution >= 4 is 38.9 Å². The fraction of sp³-hybridized carbons (Fsp3) is 0.667. The maximum absolute atomic E-state index is 13.0. The third-order valence-corrected chi connectivity index (χ3v) is 8.60. The molecule has 182 valence electrons. The summed E-state index contributed by atoms with van der Waals surface area (Å²) in [4.78, 5) is 29.6. The summed E-state index contributed by atoms with van der Waals surface area (Å²) in [5.74, 6) is 1.65. The highest BCUT2D eigenvalue weighted by atomic mass is 35.5. The van der Waals surface area contributed by atoms with Gasteiger partial charge >= 0.3 is 0 Å². The zero-order chi connectivity index (χ0) is 23.9. The summed E-state index contributed by atoms with van der Waals surface area (Å²) in [7, 11) is -3.20. The van der Waals surface area contributed by atoms with E-state index in [1.165, 1.54) is 6.42 Å². The van der Waals surface area contributed by atoms with Crippen molar-refractivity contribution in [3.05, 3.63) is 28.3 Å². The van der Waals surface area contributed by atoms with Crippen molar-refractivity contribution < 1.29 is 18.0 Å². The molecule has 33 heavy (non-hydrogen) atoms. The summed E-state index contributed by atoms with van der Waals surface area (Å²) in [6.45, 7) is 7.08. The number of piperazine rings is 1. The molecule has 0 aromatic heterocycles. The molecule has 1 saturated heterocycles. The average Bonchev–Trinajstić information content (AvgIpc) is 3.34. The van der Waals surface area contributed by atoms with Gasteiger partial charge in [0.1, 0.15) is 9.84 Å². The zero-order valence-electron chi connectivity index (χ0n) is 19.6. The van der Waals surface area contributed by atoms with E-state index in [4.69, 9.17) is 11.6 Å². The highest BCUT2D eigenvalue weighted by Crippen LogP contribution is 2.54. The first-order valence-electron chi connectivity index (χ1n) is 11.8. The number of nitrogens with zero attached hydrogens (tertiary/aromatic N) is 2. The third-order valence-electron chi connectivity index (χ3n) is 7.44. The van der Waals surface area contributed by atoms with E-state index in [1.807, 2.05) is 13.0 Å². The van der Waals surface area contributed by atoms with Gasteiger partial charge in [-0.1, -0.05) is 11.6 Å². The molecule has 3 aliphatic rings. The van der Waals surface area contributed by atoms with Gasteiger partial charge in [0.15, 0.2) is 0 Å². The molecule has 3 atom stereocenters. The molecule has 4 rings (SSSR count). The van der Waals surface area contributed by atoms with Crippen LogP contribution in [0.1, 0.15) is 43.7 Å². The number of amides is 2.